The fourth-order valence-corrected chi connectivity index (χ4v) is 7.00. The quantitative estimate of drug-likeness (QED) is 0.280. The third kappa shape index (κ3) is 4.47. The number of aromatic nitrogens is 2. The second-order valence-corrected chi connectivity index (χ2v) is 11.7. The molecule has 1 atom stereocenters. The van der Waals surface area contributed by atoms with Gasteiger partial charge in [-0.3, -0.25) is 9.36 Å². The number of hydrogen-bond acceptors (Lipinski definition) is 7. The molecule has 0 saturated carbocycles. The molecule has 0 fully saturated rings. The van der Waals surface area contributed by atoms with Gasteiger partial charge in [-0.1, -0.05) is 59.4 Å². The number of esters is 1. The summed E-state index contributed by atoms with van der Waals surface area (Å²) < 4.78 is 18.7. The Morgan fingerprint density at radius 2 is 1.88 bits per heavy atom. The van der Waals surface area contributed by atoms with Gasteiger partial charge in [-0.15, -0.1) is 0 Å². The Morgan fingerprint density at radius 3 is 2.67 bits per heavy atom. The number of nitrogens with one attached hydrogen (secondary N) is 1. The lowest BCUT2D eigenvalue weighted by molar-refractivity contribution is -0.139. The van der Waals surface area contributed by atoms with Crippen LogP contribution in [-0.2, 0) is 9.53 Å². The summed E-state index contributed by atoms with van der Waals surface area (Å²) in [5.41, 5.74) is 7.49. The fourth-order valence-electron chi connectivity index (χ4n) is 5.98. The largest absolute Gasteiger partial charge is 0.463 e. The second-order valence-electron chi connectivity index (χ2n) is 10.7. The molecule has 7 rings (SSSR count). The molecule has 2 aliphatic heterocycles. The van der Waals surface area contributed by atoms with E-state index in [1.54, 1.807) is 24.5 Å². The molecule has 0 radical (unpaired) electrons. The van der Waals surface area contributed by atoms with Crippen molar-refractivity contribution in [3.63, 3.8) is 0 Å². The minimum absolute atomic E-state index is 0.120. The molecular formula is C34H29N3O5S. The van der Waals surface area contributed by atoms with Crippen LogP contribution < -0.4 is 24.4 Å². The van der Waals surface area contributed by atoms with E-state index >= 15 is 0 Å². The van der Waals surface area contributed by atoms with Gasteiger partial charge in [-0.05, 0) is 68.7 Å². The van der Waals surface area contributed by atoms with Gasteiger partial charge in [-0.25, -0.2) is 9.79 Å². The molecule has 3 aromatic carbocycles. The first-order valence-corrected chi connectivity index (χ1v) is 14.9. The summed E-state index contributed by atoms with van der Waals surface area (Å²) in [4.78, 5) is 36.5. The summed E-state index contributed by atoms with van der Waals surface area (Å²) in [5.74, 6) is 0.678. The molecule has 0 bridgehead atoms. The first-order valence-electron chi connectivity index (χ1n) is 14.1. The molecular weight excluding hydrogens is 562 g/mol. The van der Waals surface area contributed by atoms with Crippen LogP contribution in [0.1, 0.15) is 42.1 Å². The van der Waals surface area contributed by atoms with Crippen LogP contribution in [0.3, 0.4) is 0 Å². The monoisotopic (exact) mass is 591 g/mol. The molecule has 0 aliphatic carbocycles. The van der Waals surface area contributed by atoms with Crippen molar-refractivity contribution in [2.75, 3.05) is 13.4 Å². The van der Waals surface area contributed by atoms with Gasteiger partial charge in [0.2, 0.25) is 6.79 Å². The maximum atomic E-state index is 14.3. The number of ether oxygens (including phenoxy) is 3. The van der Waals surface area contributed by atoms with Crippen molar-refractivity contribution in [1.29, 1.82) is 0 Å². The Bertz CT molecular complexity index is 2150. The third-order valence-corrected chi connectivity index (χ3v) is 8.84. The number of hydrogen-bond donors (Lipinski definition) is 1. The summed E-state index contributed by atoms with van der Waals surface area (Å²) >= 11 is 1.31. The normalized spacial score (nSPS) is 16.0. The van der Waals surface area contributed by atoms with Crippen LogP contribution in [0, 0.1) is 13.8 Å². The SMILES string of the molecule is CCOC(=O)C1=C(C)N=c2s/c(=C\c3c(-c4ccccc4)[nH]c4c(C)cc(C)cc34)c(=O)n2[C@H]1c1ccc2c(c1)OCO2. The number of nitrogens with zero attached hydrogens (tertiary/aromatic N) is 2. The Labute approximate surface area is 251 Å². The van der Waals surface area contributed by atoms with E-state index in [-0.39, 0.29) is 19.0 Å². The Kier molecular flexibility index (Phi) is 6.54. The summed E-state index contributed by atoms with van der Waals surface area (Å²) in [7, 11) is 0. The van der Waals surface area contributed by atoms with Gasteiger partial charge in [0.05, 0.1) is 34.1 Å². The van der Waals surface area contributed by atoms with Crippen molar-refractivity contribution in [1.82, 2.24) is 9.55 Å². The highest BCUT2D eigenvalue weighted by Crippen LogP contribution is 2.38. The van der Waals surface area contributed by atoms with Crippen LogP contribution in [0.15, 0.2) is 81.7 Å². The van der Waals surface area contributed by atoms with Crippen LogP contribution in [0.4, 0.5) is 0 Å². The van der Waals surface area contributed by atoms with Crippen molar-refractivity contribution in [2.45, 2.75) is 33.7 Å². The van der Waals surface area contributed by atoms with Gasteiger partial charge in [0.25, 0.3) is 5.56 Å². The predicted molar refractivity (Wildman–Crippen MR) is 166 cm³/mol. The van der Waals surface area contributed by atoms with Crippen LogP contribution >= 0.6 is 11.3 Å². The number of aryl methyl sites for hydroxylation is 2. The van der Waals surface area contributed by atoms with E-state index in [2.05, 4.69) is 43.1 Å². The van der Waals surface area contributed by atoms with Crippen molar-refractivity contribution in [3.8, 4) is 22.8 Å². The molecule has 43 heavy (non-hydrogen) atoms. The van der Waals surface area contributed by atoms with Gasteiger partial charge in [0, 0.05) is 16.5 Å². The van der Waals surface area contributed by atoms with E-state index in [1.165, 1.54) is 11.3 Å². The number of allylic oxidation sites excluding steroid dienone is 1. The van der Waals surface area contributed by atoms with Gasteiger partial charge < -0.3 is 19.2 Å². The maximum Gasteiger partial charge on any atom is 0.338 e. The number of H-pyrrole nitrogens is 1. The zero-order valence-corrected chi connectivity index (χ0v) is 25.0. The van der Waals surface area contributed by atoms with Crippen LogP contribution in [0.5, 0.6) is 11.5 Å². The average molecular weight is 592 g/mol. The zero-order valence-electron chi connectivity index (χ0n) is 24.2. The number of thiazole rings is 1. The van der Waals surface area contributed by atoms with Crippen molar-refractivity contribution in [2.24, 2.45) is 4.99 Å². The van der Waals surface area contributed by atoms with Gasteiger partial charge in [0.1, 0.15) is 0 Å². The number of carbonyl (C=O) groups is 1. The van der Waals surface area contributed by atoms with Gasteiger partial charge in [-0.2, -0.15) is 0 Å². The van der Waals surface area contributed by atoms with E-state index in [4.69, 9.17) is 19.2 Å². The maximum absolute atomic E-state index is 14.3. The zero-order chi connectivity index (χ0) is 29.8. The number of benzene rings is 3. The molecule has 8 nitrogen and oxygen atoms in total. The average Bonchev–Trinajstić information content (AvgIpc) is 3.69. The van der Waals surface area contributed by atoms with Gasteiger partial charge >= 0.3 is 5.97 Å². The highest BCUT2D eigenvalue weighted by molar-refractivity contribution is 7.07. The first-order chi connectivity index (χ1) is 20.8. The molecule has 5 aromatic rings. The van der Waals surface area contributed by atoms with E-state index in [0.29, 0.717) is 37.7 Å². The van der Waals surface area contributed by atoms with Crippen LogP contribution in [-0.4, -0.2) is 28.9 Å². The lowest BCUT2D eigenvalue weighted by Gasteiger charge is -2.24. The second kappa shape index (κ2) is 10.4. The number of aromatic amines is 1. The summed E-state index contributed by atoms with van der Waals surface area (Å²) in [6.07, 6.45) is 1.95. The Hall–Kier alpha value is -4.89. The molecule has 0 spiro atoms. The number of fused-ring (bicyclic) bond motifs is 3. The van der Waals surface area contributed by atoms with E-state index in [1.807, 2.05) is 36.4 Å². The Balaban J connectivity index is 1.48. The van der Waals surface area contributed by atoms with Crippen LogP contribution in [0.2, 0.25) is 0 Å². The fraction of sp³-hybridized carbons (Fsp3) is 0.206. The Morgan fingerprint density at radius 1 is 1.09 bits per heavy atom. The molecule has 4 heterocycles. The van der Waals surface area contributed by atoms with Gasteiger partial charge in [0.15, 0.2) is 16.3 Å². The van der Waals surface area contributed by atoms with E-state index < -0.39 is 12.0 Å². The van der Waals surface area contributed by atoms with Crippen molar-refractivity contribution in [3.05, 3.63) is 114 Å². The summed E-state index contributed by atoms with van der Waals surface area (Å²) in [6, 6.07) is 19.1. The summed E-state index contributed by atoms with van der Waals surface area (Å²) in [6.45, 7) is 8.02. The topological polar surface area (TPSA) is 94.9 Å². The minimum Gasteiger partial charge on any atom is -0.463 e. The minimum atomic E-state index is -0.743. The van der Waals surface area contributed by atoms with E-state index in [0.717, 1.165) is 38.9 Å². The standard InChI is InChI=1S/C34H29N3O5S/c1-5-40-33(39)28-20(4)35-34-37(31(28)22-11-12-25-26(15-22)42-17-41-25)32(38)27(43-34)16-24-23-14-18(2)13-19(3)29(23)36-30(24)21-9-7-6-8-10-21/h6-16,31,36H,5,17H2,1-4H3/b27-16-/t31-/m0/s1. The lowest BCUT2D eigenvalue weighted by atomic mass is 9.95. The molecule has 0 saturated heterocycles. The highest BCUT2D eigenvalue weighted by Gasteiger charge is 2.34. The highest BCUT2D eigenvalue weighted by atomic mass is 32.1. The number of rotatable bonds is 5. The predicted octanol–water partition coefficient (Wildman–Crippen LogP) is 5.29. The van der Waals surface area contributed by atoms with Crippen molar-refractivity contribution >= 4 is 34.3 Å². The summed E-state index contributed by atoms with van der Waals surface area (Å²) in [5, 5.41) is 1.04. The first kappa shape index (κ1) is 27.0. The molecule has 9 heteroatoms. The third-order valence-electron chi connectivity index (χ3n) is 7.86. The van der Waals surface area contributed by atoms with Crippen molar-refractivity contribution < 1.29 is 19.0 Å². The molecule has 1 N–H and O–H groups in total. The number of carbonyl (C=O) groups excluding carboxylic acids is 1. The lowest BCUT2D eigenvalue weighted by Crippen LogP contribution is -2.39. The van der Waals surface area contributed by atoms with E-state index in [9.17, 15) is 9.59 Å². The molecule has 0 unspecified atom stereocenters. The molecule has 2 aliphatic rings. The molecule has 2 aromatic heterocycles. The van der Waals surface area contributed by atoms with Crippen LogP contribution in [0.25, 0.3) is 28.2 Å². The molecule has 216 valence electrons. The molecule has 0 amide bonds. The smallest absolute Gasteiger partial charge is 0.338 e.